The Morgan fingerprint density at radius 2 is 1.82 bits per heavy atom. The number of pyridine rings is 1. The fourth-order valence-electron chi connectivity index (χ4n) is 4.50. The van der Waals surface area contributed by atoms with Crippen molar-refractivity contribution in [3.63, 3.8) is 0 Å². The number of carbonyl (C=O) groups is 2. The summed E-state index contributed by atoms with van der Waals surface area (Å²) in [5, 5.41) is 16.5. The number of rotatable bonds is 7. The van der Waals surface area contributed by atoms with Gasteiger partial charge < -0.3 is 15.2 Å². The second-order valence-corrected chi connectivity index (χ2v) is 8.88. The molecule has 0 radical (unpaired) electrons. The topological polar surface area (TPSA) is 92.9 Å². The molecule has 1 aliphatic rings. The van der Waals surface area contributed by atoms with E-state index in [4.69, 9.17) is 9.84 Å². The van der Waals surface area contributed by atoms with Crippen LogP contribution in [-0.2, 0) is 11.4 Å². The molecule has 3 aromatic rings. The zero-order valence-corrected chi connectivity index (χ0v) is 19.1. The van der Waals surface area contributed by atoms with E-state index in [0.717, 1.165) is 18.4 Å². The van der Waals surface area contributed by atoms with Gasteiger partial charge in [0.1, 0.15) is 18.2 Å². The number of aryl methyl sites for hydroxylation is 2. The van der Waals surface area contributed by atoms with E-state index in [-0.39, 0.29) is 35.8 Å². The Hall–Kier alpha value is -3.49. The third-order valence-electron chi connectivity index (χ3n) is 6.42. The Bertz CT molecular complexity index is 1210. The molecule has 0 atom stereocenters. The van der Waals surface area contributed by atoms with Crippen molar-refractivity contribution in [3.05, 3.63) is 64.4 Å². The molecule has 0 bridgehead atoms. The molecule has 9 heteroatoms. The highest BCUT2D eigenvalue weighted by Crippen LogP contribution is 2.29. The summed E-state index contributed by atoms with van der Waals surface area (Å²) in [5.74, 6) is -2.21. The van der Waals surface area contributed by atoms with Gasteiger partial charge in [0.05, 0.1) is 28.3 Å². The molecule has 180 valence electrons. The number of nitrogens with zero attached hydrogens (tertiary/aromatic N) is 2. The number of ether oxygens (including phenoxy) is 1. The molecular weight excluding hydrogens is 444 g/mol. The van der Waals surface area contributed by atoms with E-state index in [1.54, 1.807) is 13.0 Å². The summed E-state index contributed by atoms with van der Waals surface area (Å²) in [6.07, 6.45) is 2.76. The van der Waals surface area contributed by atoms with Crippen LogP contribution >= 0.6 is 0 Å². The van der Waals surface area contributed by atoms with E-state index in [0.29, 0.717) is 36.2 Å². The molecule has 7 nitrogen and oxygen atoms in total. The Balaban J connectivity index is 1.50. The lowest BCUT2D eigenvalue weighted by atomic mass is 9.82. The van der Waals surface area contributed by atoms with Crippen molar-refractivity contribution in [1.82, 2.24) is 14.9 Å². The maximum atomic E-state index is 14.0. The first kappa shape index (κ1) is 23.7. The molecular formula is C25H27F2N3O4. The maximum absolute atomic E-state index is 14.0. The number of nitrogens with one attached hydrogen (secondary N) is 1. The lowest BCUT2D eigenvalue weighted by Crippen LogP contribution is -2.32. The van der Waals surface area contributed by atoms with Gasteiger partial charge in [0.2, 0.25) is 5.88 Å². The number of carboxylic acids is 1. The normalized spacial score (nSPS) is 18.1. The standard InChI is InChI=1S/C25H27F2N3O4/c1-14-10-21-23(24(31)28-12-16-6-8-17(9-7-16)25(32)33)15(2)29-30(21)22(11-14)34-13-18-19(26)4-3-5-20(18)27/h3-5,10-11,16-17H,6-9,12-13H2,1-2H3,(H,28,31)(H,32,33). The van der Waals surface area contributed by atoms with Gasteiger partial charge in [-0.15, -0.1) is 0 Å². The highest BCUT2D eigenvalue weighted by Gasteiger charge is 2.27. The average Bonchev–Trinajstić information content (AvgIpc) is 3.13. The number of hydrogen-bond donors (Lipinski definition) is 2. The minimum absolute atomic E-state index is 0.184. The Morgan fingerprint density at radius 1 is 1.15 bits per heavy atom. The quantitative estimate of drug-likeness (QED) is 0.532. The van der Waals surface area contributed by atoms with Gasteiger partial charge in [-0.1, -0.05) is 6.07 Å². The smallest absolute Gasteiger partial charge is 0.306 e. The van der Waals surface area contributed by atoms with Crippen LogP contribution < -0.4 is 10.1 Å². The van der Waals surface area contributed by atoms with Crippen LogP contribution in [0.1, 0.15) is 52.9 Å². The first-order valence-corrected chi connectivity index (χ1v) is 11.3. The second kappa shape index (κ2) is 9.79. The third-order valence-corrected chi connectivity index (χ3v) is 6.42. The lowest BCUT2D eigenvalue weighted by Gasteiger charge is -2.26. The van der Waals surface area contributed by atoms with Crippen LogP contribution in [0.2, 0.25) is 0 Å². The molecule has 0 unspecified atom stereocenters. The molecule has 2 N–H and O–H groups in total. The van der Waals surface area contributed by atoms with E-state index in [1.165, 1.54) is 22.7 Å². The number of aromatic nitrogens is 2. The van der Waals surface area contributed by atoms with Crippen molar-refractivity contribution in [2.75, 3.05) is 6.54 Å². The highest BCUT2D eigenvalue weighted by molar-refractivity contribution is 6.02. The number of benzene rings is 1. The van der Waals surface area contributed by atoms with Gasteiger partial charge in [0.25, 0.3) is 5.91 Å². The number of halogens is 2. The highest BCUT2D eigenvalue weighted by atomic mass is 19.1. The molecule has 1 saturated carbocycles. The number of hydrogen-bond acceptors (Lipinski definition) is 4. The molecule has 2 aromatic heterocycles. The Morgan fingerprint density at radius 3 is 2.47 bits per heavy atom. The summed E-state index contributed by atoms with van der Waals surface area (Å²) < 4.78 is 35.2. The molecule has 1 amide bonds. The molecule has 0 saturated heterocycles. The molecule has 0 spiro atoms. The van der Waals surface area contributed by atoms with E-state index < -0.39 is 17.6 Å². The number of aliphatic carboxylic acids is 1. The number of carbonyl (C=O) groups excluding carboxylic acids is 1. The van der Waals surface area contributed by atoms with Crippen LogP contribution in [0.4, 0.5) is 8.78 Å². The van der Waals surface area contributed by atoms with Gasteiger partial charge >= 0.3 is 5.97 Å². The van der Waals surface area contributed by atoms with Crippen molar-refractivity contribution in [2.45, 2.75) is 46.1 Å². The summed E-state index contributed by atoms with van der Waals surface area (Å²) in [6, 6.07) is 7.13. The van der Waals surface area contributed by atoms with Crippen molar-refractivity contribution >= 4 is 17.4 Å². The zero-order valence-electron chi connectivity index (χ0n) is 19.1. The molecule has 4 rings (SSSR count). The summed E-state index contributed by atoms with van der Waals surface area (Å²) >= 11 is 0. The van der Waals surface area contributed by atoms with Gasteiger partial charge in [-0.05, 0) is 69.2 Å². The summed E-state index contributed by atoms with van der Waals surface area (Å²) in [4.78, 5) is 24.2. The SMILES string of the molecule is Cc1cc(OCc2c(F)cccc2F)n2nc(C)c(C(=O)NCC3CCC(C(=O)O)CC3)c2c1. The number of fused-ring (bicyclic) bond motifs is 1. The largest absolute Gasteiger partial charge is 0.481 e. The second-order valence-electron chi connectivity index (χ2n) is 8.88. The van der Waals surface area contributed by atoms with Crippen molar-refractivity contribution < 1.29 is 28.2 Å². The van der Waals surface area contributed by atoms with Crippen LogP contribution in [0.3, 0.4) is 0 Å². The number of carboxylic acid groups (broad SMARTS) is 1. The first-order valence-electron chi connectivity index (χ1n) is 11.3. The van der Waals surface area contributed by atoms with Crippen molar-refractivity contribution in [3.8, 4) is 5.88 Å². The average molecular weight is 472 g/mol. The third kappa shape index (κ3) is 4.88. The van der Waals surface area contributed by atoms with Crippen LogP contribution in [-0.4, -0.2) is 33.1 Å². The van der Waals surface area contributed by atoms with Crippen LogP contribution in [0, 0.1) is 37.3 Å². The van der Waals surface area contributed by atoms with E-state index in [9.17, 15) is 18.4 Å². The molecule has 1 aliphatic carbocycles. The van der Waals surface area contributed by atoms with E-state index in [1.807, 2.05) is 13.0 Å². The fraction of sp³-hybridized carbons (Fsp3) is 0.400. The van der Waals surface area contributed by atoms with Gasteiger partial charge in [-0.2, -0.15) is 9.61 Å². The zero-order chi connectivity index (χ0) is 24.4. The van der Waals surface area contributed by atoms with Crippen LogP contribution in [0.5, 0.6) is 5.88 Å². The predicted molar refractivity (Wildman–Crippen MR) is 121 cm³/mol. The van der Waals surface area contributed by atoms with Gasteiger partial charge in [-0.25, -0.2) is 8.78 Å². The van der Waals surface area contributed by atoms with Crippen molar-refractivity contribution in [2.24, 2.45) is 11.8 Å². The number of amides is 1. The van der Waals surface area contributed by atoms with E-state index >= 15 is 0 Å². The molecule has 34 heavy (non-hydrogen) atoms. The molecule has 2 heterocycles. The monoisotopic (exact) mass is 471 g/mol. The van der Waals surface area contributed by atoms with Gasteiger partial charge in [-0.3, -0.25) is 9.59 Å². The van der Waals surface area contributed by atoms with Crippen LogP contribution in [0.25, 0.3) is 5.52 Å². The predicted octanol–water partition coefficient (Wildman–Crippen LogP) is 4.43. The Kier molecular flexibility index (Phi) is 6.81. The van der Waals surface area contributed by atoms with Crippen LogP contribution in [0.15, 0.2) is 30.3 Å². The molecule has 0 aliphatic heterocycles. The minimum atomic E-state index is -0.754. The first-order chi connectivity index (χ1) is 16.2. The maximum Gasteiger partial charge on any atom is 0.306 e. The summed E-state index contributed by atoms with van der Waals surface area (Å²) in [6.45, 7) is 3.69. The summed E-state index contributed by atoms with van der Waals surface area (Å²) in [7, 11) is 0. The van der Waals surface area contributed by atoms with Crippen molar-refractivity contribution in [1.29, 1.82) is 0 Å². The molecule has 1 fully saturated rings. The lowest BCUT2D eigenvalue weighted by molar-refractivity contribution is -0.143. The minimum Gasteiger partial charge on any atom is -0.481 e. The molecule has 1 aromatic carbocycles. The summed E-state index contributed by atoms with van der Waals surface area (Å²) in [5.41, 5.74) is 2.06. The van der Waals surface area contributed by atoms with E-state index in [2.05, 4.69) is 10.4 Å². The Labute approximate surface area is 195 Å². The van der Waals surface area contributed by atoms with Gasteiger partial charge in [0.15, 0.2) is 0 Å². The fourth-order valence-corrected chi connectivity index (χ4v) is 4.50. The van der Waals surface area contributed by atoms with Gasteiger partial charge in [0, 0.05) is 12.6 Å².